The van der Waals surface area contributed by atoms with Crippen molar-refractivity contribution in [3.05, 3.63) is 35.4 Å². The van der Waals surface area contributed by atoms with Crippen LogP contribution in [0, 0.1) is 6.92 Å². The second-order valence-corrected chi connectivity index (χ2v) is 4.52. The van der Waals surface area contributed by atoms with Crippen molar-refractivity contribution in [3.8, 4) is 0 Å². The molecule has 0 aliphatic rings. The highest BCUT2D eigenvalue weighted by Gasteiger charge is 2.25. The van der Waals surface area contributed by atoms with Gasteiger partial charge in [-0.25, -0.2) is 0 Å². The zero-order valence-corrected chi connectivity index (χ0v) is 10.7. The maximum atomic E-state index is 11.9. The summed E-state index contributed by atoms with van der Waals surface area (Å²) in [6.45, 7) is 2.76. The van der Waals surface area contributed by atoms with E-state index in [-0.39, 0.29) is 0 Å². The summed E-state index contributed by atoms with van der Waals surface area (Å²) in [6.07, 6.45) is -4.13. The van der Waals surface area contributed by atoms with Crippen LogP contribution in [0.15, 0.2) is 24.3 Å². The third-order valence-electron chi connectivity index (χ3n) is 2.57. The predicted octanol–water partition coefficient (Wildman–Crippen LogP) is 2.58. The smallest absolute Gasteiger partial charge is 0.307 e. The van der Waals surface area contributed by atoms with Gasteiger partial charge in [0.2, 0.25) is 0 Å². The van der Waals surface area contributed by atoms with Crippen molar-refractivity contribution in [2.45, 2.75) is 19.6 Å². The van der Waals surface area contributed by atoms with Gasteiger partial charge in [0.05, 0.1) is 6.54 Å². The van der Waals surface area contributed by atoms with Gasteiger partial charge in [-0.3, -0.25) is 0 Å². The molecule has 0 saturated carbocycles. The number of rotatable bonds is 6. The molecule has 0 unspecified atom stereocenters. The lowest BCUT2D eigenvalue weighted by atomic mass is 10.1. The predicted molar refractivity (Wildman–Crippen MR) is 66.4 cm³/mol. The minimum Gasteiger partial charge on any atom is -0.307 e. The summed E-state index contributed by atoms with van der Waals surface area (Å²) >= 11 is 0. The molecule has 0 spiro atoms. The number of benzene rings is 1. The molecule has 2 nitrogen and oxygen atoms in total. The summed E-state index contributed by atoms with van der Waals surface area (Å²) in [4.78, 5) is 1.99. The van der Waals surface area contributed by atoms with Gasteiger partial charge >= 0.3 is 6.18 Å². The van der Waals surface area contributed by atoms with Gasteiger partial charge < -0.3 is 10.2 Å². The monoisotopic (exact) mass is 260 g/mol. The van der Waals surface area contributed by atoms with Gasteiger partial charge in [0.15, 0.2) is 0 Å². The highest BCUT2D eigenvalue weighted by atomic mass is 19.4. The maximum Gasteiger partial charge on any atom is 0.401 e. The van der Waals surface area contributed by atoms with Gasteiger partial charge in [0.25, 0.3) is 0 Å². The molecule has 1 N–H and O–H groups in total. The Morgan fingerprint density at radius 1 is 1.17 bits per heavy atom. The molecule has 0 amide bonds. The van der Waals surface area contributed by atoms with E-state index in [1.807, 2.05) is 43.1 Å². The normalized spacial score (nSPS) is 12.1. The second-order valence-electron chi connectivity index (χ2n) is 4.52. The Labute approximate surface area is 106 Å². The van der Waals surface area contributed by atoms with E-state index in [2.05, 4.69) is 5.32 Å². The number of likely N-dealkylation sites (N-methyl/N-ethyl adjacent to an activating group) is 1. The fourth-order valence-electron chi connectivity index (χ4n) is 1.58. The number of aryl methyl sites for hydroxylation is 1. The average molecular weight is 260 g/mol. The van der Waals surface area contributed by atoms with Crippen LogP contribution in [-0.2, 0) is 6.54 Å². The molecule has 0 aromatic heterocycles. The lowest BCUT2D eigenvalue weighted by Crippen LogP contribution is -2.34. The molecule has 0 fully saturated rings. The molecule has 102 valence electrons. The van der Waals surface area contributed by atoms with Gasteiger partial charge in [-0.2, -0.15) is 13.2 Å². The molecule has 0 bridgehead atoms. The lowest BCUT2D eigenvalue weighted by molar-refractivity contribution is -0.124. The first-order valence-electron chi connectivity index (χ1n) is 5.88. The Hall–Kier alpha value is -1.07. The third kappa shape index (κ3) is 6.61. The molecule has 0 radical (unpaired) electrons. The van der Waals surface area contributed by atoms with Crippen LogP contribution in [0.1, 0.15) is 11.1 Å². The fraction of sp³-hybridized carbons (Fsp3) is 0.538. The fourth-order valence-corrected chi connectivity index (χ4v) is 1.58. The highest BCUT2D eigenvalue weighted by Crippen LogP contribution is 2.12. The number of nitrogens with zero attached hydrogens (tertiary/aromatic N) is 1. The average Bonchev–Trinajstić information content (AvgIpc) is 2.26. The first-order chi connectivity index (χ1) is 8.37. The van der Waals surface area contributed by atoms with Gasteiger partial charge in [-0.15, -0.1) is 0 Å². The van der Waals surface area contributed by atoms with Gasteiger partial charge in [-0.05, 0) is 19.5 Å². The zero-order valence-electron chi connectivity index (χ0n) is 10.7. The minimum absolute atomic E-state index is 0.335. The SMILES string of the molecule is Cc1ccc(CN(C)CCNCC(F)(F)F)cc1. The molecule has 1 aromatic rings. The van der Waals surface area contributed by atoms with Crippen LogP contribution in [0.5, 0.6) is 0 Å². The second kappa shape index (κ2) is 6.75. The van der Waals surface area contributed by atoms with Crippen LogP contribution in [0.25, 0.3) is 0 Å². The van der Waals surface area contributed by atoms with E-state index in [4.69, 9.17) is 0 Å². The Kier molecular flexibility index (Phi) is 5.62. The van der Waals surface area contributed by atoms with Crippen LogP contribution in [0.2, 0.25) is 0 Å². The first kappa shape index (κ1) is 15.0. The van der Waals surface area contributed by atoms with E-state index in [1.165, 1.54) is 11.1 Å². The first-order valence-corrected chi connectivity index (χ1v) is 5.88. The Bertz CT molecular complexity index is 346. The maximum absolute atomic E-state index is 11.9. The van der Waals surface area contributed by atoms with Gasteiger partial charge in [0.1, 0.15) is 0 Å². The molecular weight excluding hydrogens is 241 g/mol. The van der Waals surface area contributed by atoms with Crippen LogP contribution < -0.4 is 5.32 Å². The summed E-state index contributed by atoms with van der Waals surface area (Å²) in [6, 6.07) is 8.14. The number of halogens is 3. The number of hydrogen-bond acceptors (Lipinski definition) is 2. The van der Waals surface area contributed by atoms with Crippen LogP contribution in [-0.4, -0.2) is 37.8 Å². The van der Waals surface area contributed by atoms with E-state index in [1.54, 1.807) is 0 Å². The van der Waals surface area contributed by atoms with E-state index in [0.717, 1.165) is 6.54 Å². The largest absolute Gasteiger partial charge is 0.401 e. The van der Waals surface area contributed by atoms with Crippen molar-refractivity contribution in [3.63, 3.8) is 0 Å². The lowest BCUT2D eigenvalue weighted by Gasteiger charge is -2.17. The highest BCUT2D eigenvalue weighted by molar-refractivity contribution is 5.21. The van der Waals surface area contributed by atoms with Crippen LogP contribution >= 0.6 is 0 Å². The topological polar surface area (TPSA) is 15.3 Å². The molecule has 0 saturated heterocycles. The van der Waals surface area contributed by atoms with Crippen LogP contribution in [0.4, 0.5) is 13.2 Å². The molecule has 0 heterocycles. The van der Waals surface area contributed by atoms with Crippen molar-refractivity contribution in [2.24, 2.45) is 0 Å². The summed E-state index contributed by atoms with van der Waals surface area (Å²) < 4.78 is 35.7. The third-order valence-corrected chi connectivity index (χ3v) is 2.57. The minimum atomic E-state index is -4.13. The molecule has 18 heavy (non-hydrogen) atoms. The van der Waals surface area contributed by atoms with E-state index in [9.17, 15) is 13.2 Å². The number of nitrogens with one attached hydrogen (secondary N) is 1. The zero-order chi connectivity index (χ0) is 13.6. The molecule has 5 heteroatoms. The van der Waals surface area contributed by atoms with Crippen molar-refractivity contribution >= 4 is 0 Å². The Morgan fingerprint density at radius 2 is 1.78 bits per heavy atom. The Morgan fingerprint density at radius 3 is 2.33 bits per heavy atom. The van der Waals surface area contributed by atoms with Crippen molar-refractivity contribution in [1.82, 2.24) is 10.2 Å². The Balaban J connectivity index is 2.21. The standard InChI is InChI=1S/C13H19F3N2/c1-11-3-5-12(6-4-11)9-18(2)8-7-17-10-13(14,15)16/h3-6,17H,7-10H2,1-2H3. The molecule has 0 aliphatic carbocycles. The van der Waals surface area contributed by atoms with Crippen LogP contribution in [0.3, 0.4) is 0 Å². The van der Waals surface area contributed by atoms with Crippen molar-refractivity contribution < 1.29 is 13.2 Å². The molecule has 1 rings (SSSR count). The van der Waals surface area contributed by atoms with Gasteiger partial charge in [-0.1, -0.05) is 29.8 Å². The van der Waals surface area contributed by atoms with E-state index >= 15 is 0 Å². The molecule has 0 atom stereocenters. The molecule has 0 aliphatic heterocycles. The van der Waals surface area contributed by atoms with Crippen molar-refractivity contribution in [2.75, 3.05) is 26.7 Å². The summed E-state index contributed by atoms with van der Waals surface area (Å²) in [5, 5.41) is 2.38. The number of alkyl halides is 3. The van der Waals surface area contributed by atoms with Crippen molar-refractivity contribution in [1.29, 1.82) is 0 Å². The van der Waals surface area contributed by atoms with Gasteiger partial charge in [0, 0.05) is 19.6 Å². The molecule has 1 aromatic carbocycles. The quantitative estimate of drug-likeness (QED) is 0.791. The van der Waals surface area contributed by atoms with E-state index in [0.29, 0.717) is 13.1 Å². The summed E-state index contributed by atoms with van der Waals surface area (Å²) in [5.74, 6) is 0. The van der Waals surface area contributed by atoms with E-state index < -0.39 is 12.7 Å². The summed E-state index contributed by atoms with van der Waals surface area (Å²) in [5.41, 5.74) is 2.37. The summed E-state index contributed by atoms with van der Waals surface area (Å²) in [7, 11) is 1.90. The number of hydrogen-bond donors (Lipinski definition) is 1. The molecular formula is C13H19F3N2.